The van der Waals surface area contributed by atoms with E-state index in [0.29, 0.717) is 18.4 Å². The van der Waals surface area contributed by atoms with Crippen LogP contribution in [0, 0.1) is 19.8 Å². The first-order chi connectivity index (χ1) is 8.54. The minimum Gasteiger partial charge on any atom is -0.356 e. The summed E-state index contributed by atoms with van der Waals surface area (Å²) in [5.41, 5.74) is 9.23. The fourth-order valence-corrected chi connectivity index (χ4v) is 2.44. The van der Waals surface area contributed by atoms with Gasteiger partial charge in [0.2, 0.25) is 5.91 Å². The number of carbonyl (C=O) groups excluding carboxylic acids is 1. The standard InChI is InChI=1S/C15H22N2O/c1-10-3-4-11(2)13(5-10)8-15(18)17-9-12-6-14(16)7-12/h3-5,12,14H,6-9,16H2,1-2H3,(H,17,18). The second-order valence-electron chi connectivity index (χ2n) is 5.51. The maximum Gasteiger partial charge on any atom is 0.224 e. The SMILES string of the molecule is Cc1ccc(C)c(CC(=O)NCC2CC(N)C2)c1. The largest absolute Gasteiger partial charge is 0.356 e. The van der Waals surface area contributed by atoms with Crippen LogP contribution in [0.25, 0.3) is 0 Å². The van der Waals surface area contributed by atoms with E-state index in [0.717, 1.165) is 24.9 Å². The summed E-state index contributed by atoms with van der Waals surface area (Å²) < 4.78 is 0. The van der Waals surface area contributed by atoms with Crippen molar-refractivity contribution in [2.45, 2.75) is 39.2 Å². The zero-order chi connectivity index (χ0) is 13.1. The molecule has 1 saturated carbocycles. The molecule has 0 aromatic heterocycles. The molecule has 0 aliphatic heterocycles. The van der Waals surface area contributed by atoms with Gasteiger partial charge in [-0.3, -0.25) is 4.79 Å². The lowest BCUT2D eigenvalue weighted by Crippen LogP contribution is -2.42. The lowest BCUT2D eigenvalue weighted by molar-refractivity contribution is -0.120. The summed E-state index contributed by atoms with van der Waals surface area (Å²) in [7, 11) is 0. The van der Waals surface area contributed by atoms with E-state index in [-0.39, 0.29) is 5.91 Å². The van der Waals surface area contributed by atoms with Crippen LogP contribution >= 0.6 is 0 Å². The topological polar surface area (TPSA) is 55.1 Å². The Labute approximate surface area is 109 Å². The Bertz CT molecular complexity index is 436. The highest BCUT2D eigenvalue weighted by molar-refractivity contribution is 5.79. The highest BCUT2D eigenvalue weighted by Gasteiger charge is 2.25. The predicted octanol–water partition coefficient (Wildman–Crippen LogP) is 1.70. The van der Waals surface area contributed by atoms with Crippen molar-refractivity contribution in [2.24, 2.45) is 11.7 Å². The van der Waals surface area contributed by atoms with E-state index in [9.17, 15) is 4.79 Å². The molecular formula is C15H22N2O. The van der Waals surface area contributed by atoms with Crippen molar-refractivity contribution in [1.82, 2.24) is 5.32 Å². The van der Waals surface area contributed by atoms with Gasteiger partial charge in [-0.15, -0.1) is 0 Å². The van der Waals surface area contributed by atoms with Gasteiger partial charge in [0.1, 0.15) is 0 Å². The smallest absolute Gasteiger partial charge is 0.224 e. The quantitative estimate of drug-likeness (QED) is 0.849. The number of rotatable bonds is 4. The third-order valence-electron chi connectivity index (χ3n) is 3.72. The molecule has 0 spiro atoms. The Hall–Kier alpha value is -1.35. The fourth-order valence-electron chi connectivity index (χ4n) is 2.44. The number of nitrogens with one attached hydrogen (secondary N) is 1. The van der Waals surface area contributed by atoms with Crippen molar-refractivity contribution in [2.75, 3.05) is 6.54 Å². The molecule has 1 aliphatic carbocycles. The van der Waals surface area contributed by atoms with Crippen molar-refractivity contribution in [3.8, 4) is 0 Å². The van der Waals surface area contributed by atoms with Crippen LogP contribution in [-0.2, 0) is 11.2 Å². The summed E-state index contributed by atoms with van der Waals surface area (Å²) >= 11 is 0. The molecule has 1 fully saturated rings. The third-order valence-corrected chi connectivity index (χ3v) is 3.72. The lowest BCUT2D eigenvalue weighted by Gasteiger charge is -2.32. The average molecular weight is 246 g/mol. The summed E-state index contributed by atoms with van der Waals surface area (Å²) in [6, 6.07) is 6.59. The first-order valence-corrected chi connectivity index (χ1v) is 6.63. The van der Waals surface area contributed by atoms with Crippen LogP contribution in [0.1, 0.15) is 29.5 Å². The summed E-state index contributed by atoms with van der Waals surface area (Å²) in [5, 5.41) is 3.01. The molecule has 1 amide bonds. The van der Waals surface area contributed by atoms with E-state index < -0.39 is 0 Å². The Morgan fingerprint density at radius 3 is 2.78 bits per heavy atom. The monoisotopic (exact) mass is 246 g/mol. The number of carbonyl (C=O) groups is 1. The second-order valence-corrected chi connectivity index (χ2v) is 5.51. The second kappa shape index (κ2) is 5.53. The fraction of sp³-hybridized carbons (Fsp3) is 0.533. The minimum absolute atomic E-state index is 0.115. The van der Waals surface area contributed by atoms with E-state index in [4.69, 9.17) is 5.73 Å². The van der Waals surface area contributed by atoms with Gasteiger partial charge in [0, 0.05) is 12.6 Å². The van der Waals surface area contributed by atoms with Gasteiger partial charge in [0.05, 0.1) is 6.42 Å². The molecule has 0 heterocycles. The van der Waals surface area contributed by atoms with Gasteiger partial charge in [-0.2, -0.15) is 0 Å². The van der Waals surface area contributed by atoms with Gasteiger partial charge in [0.25, 0.3) is 0 Å². The molecule has 0 radical (unpaired) electrons. The first-order valence-electron chi connectivity index (χ1n) is 6.63. The van der Waals surface area contributed by atoms with Gasteiger partial charge in [-0.1, -0.05) is 23.8 Å². The number of hydrogen-bond donors (Lipinski definition) is 2. The first kappa shape index (κ1) is 13.1. The van der Waals surface area contributed by atoms with Crippen LogP contribution in [0.4, 0.5) is 0 Å². The van der Waals surface area contributed by atoms with Crippen LogP contribution in [0.3, 0.4) is 0 Å². The third kappa shape index (κ3) is 3.33. The molecular weight excluding hydrogens is 224 g/mol. The van der Waals surface area contributed by atoms with Gasteiger partial charge >= 0.3 is 0 Å². The number of benzene rings is 1. The molecule has 0 saturated heterocycles. The highest BCUT2D eigenvalue weighted by atomic mass is 16.1. The molecule has 0 bridgehead atoms. The van der Waals surface area contributed by atoms with Gasteiger partial charge in [-0.05, 0) is 43.7 Å². The number of amides is 1. The molecule has 1 aromatic rings. The highest BCUT2D eigenvalue weighted by Crippen LogP contribution is 2.24. The average Bonchev–Trinajstić information content (AvgIpc) is 2.28. The summed E-state index contributed by atoms with van der Waals surface area (Å²) in [5.74, 6) is 0.701. The maximum absolute atomic E-state index is 11.9. The van der Waals surface area contributed by atoms with Gasteiger partial charge in [0.15, 0.2) is 0 Å². The van der Waals surface area contributed by atoms with Gasteiger partial charge < -0.3 is 11.1 Å². The zero-order valence-corrected chi connectivity index (χ0v) is 11.2. The van der Waals surface area contributed by atoms with Crippen LogP contribution in [0.15, 0.2) is 18.2 Å². The van der Waals surface area contributed by atoms with Crippen LogP contribution in [-0.4, -0.2) is 18.5 Å². The van der Waals surface area contributed by atoms with E-state index in [2.05, 4.69) is 30.4 Å². The minimum atomic E-state index is 0.115. The van der Waals surface area contributed by atoms with Crippen LogP contribution < -0.4 is 11.1 Å². The number of hydrogen-bond acceptors (Lipinski definition) is 2. The predicted molar refractivity (Wildman–Crippen MR) is 73.3 cm³/mol. The Balaban J connectivity index is 1.81. The zero-order valence-electron chi connectivity index (χ0n) is 11.2. The lowest BCUT2D eigenvalue weighted by atomic mass is 9.81. The van der Waals surface area contributed by atoms with Crippen LogP contribution in [0.5, 0.6) is 0 Å². The van der Waals surface area contributed by atoms with Crippen molar-refractivity contribution in [3.63, 3.8) is 0 Å². The molecule has 0 unspecified atom stereocenters. The van der Waals surface area contributed by atoms with Crippen molar-refractivity contribution < 1.29 is 4.79 Å². The summed E-state index contributed by atoms with van der Waals surface area (Å²) in [6.45, 7) is 4.88. The van der Waals surface area contributed by atoms with Gasteiger partial charge in [-0.25, -0.2) is 0 Å². The molecule has 98 valence electrons. The molecule has 1 aliphatic rings. The summed E-state index contributed by atoms with van der Waals surface area (Å²) in [6.07, 6.45) is 2.57. The molecule has 18 heavy (non-hydrogen) atoms. The molecule has 3 nitrogen and oxygen atoms in total. The molecule has 0 atom stereocenters. The van der Waals surface area contributed by atoms with Crippen molar-refractivity contribution in [3.05, 3.63) is 34.9 Å². The Kier molecular flexibility index (Phi) is 4.02. The number of aryl methyl sites for hydroxylation is 2. The van der Waals surface area contributed by atoms with Crippen LogP contribution in [0.2, 0.25) is 0 Å². The van der Waals surface area contributed by atoms with E-state index in [1.165, 1.54) is 11.1 Å². The molecule has 1 aromatic carbocycles. The van der Waals surface area contributed by atoms with E-state index in [1.54, 1.807) is 0 Å². The Morgan fingerprint density at radius 2 is 2.11 bits per heavy atom. The van der Waals surface area contributed by atoms with E-state index in [1.807, 2.05) is 6.92 Å². The molecule has 2 rings (SSSR count). The molecule has 3 N–H and O–H groups in total. The number of nitrogens with two attached hydrogens (primary N) is 1. The van der Waals surface area contributed by atoms with E-state index >= 15 is 0 Å². The normalized spacial score (nSPS) is 22.4. The summed E-state index contributed by atoms with van der Waals surface area (Å²) in [4.78, 5) is 11.9. The maximum atomic E-state index is 11.9. The molecule has 3 heteroatoms. The van der Waals surface area contributed by atoms with Crippen molar-refractivity contribution >= 4 is 5.91 Å². The Morgan fingerprint density at radius 1 is 1.39 bits per heavy atom. The van der Waals surface area contributed by atoms with Crippen molar-refractivity contribution in [1.29, 1.82) is 0 Å².